The van der Waals surface area contributed by atoms with Crippen LogP contribution in [0.15, 0.2) is 66.7 Å². The van der Waals surface area contributed by atoms with Crippen LogP contribution in [0, 0.1) is 13.8 Å². The van der Waals surface area contributed by atoms with E-state index in [0.717, 1.165) is 12.8 Å². The van der Waals surface area contributed by atoms with E-state index in [9.17, 15) is 0 Å². The minimum Gasteiger partial charge on any atom is -0.149 e. The highest BCUT2D eigenvalue weighted by Gasteiger charge is 2.38. The SMILES string of the molecule is CCc1cc(CC)cc([Si](Cl)(c2ccccc2)c2cc(C)cc(C)c2)c1. The third kappa shape index (κ3) is 3.65. The van der Waals surface area contributed by atoms with Gasteiger partial charge in [-0.3, -0.25) is 0 Å². The fourth-order valence-corrected chi connectivity index (χ4v) is 8.02. The number of aryl methyl sites for hydroxylation is 4. The predicted molar refractivity (Wildman–Crippen MR) is 118 cm³/mol. The molecule has 0 bridgehead atoms. The van der Waals surface area contributed by atoms with Gasteiger partial charge in [-0.25, -0.2) is 0 Å². The average Bonchev–Trinajstić information content (AvgIpc) is 2.66. The molecule has 3 aromatic rings. The number of halogens is 1. The molecule has 2 heteroatoms. The van der Waals surface area contributed by atoms with E-state index in [1.54, 1.807) is 0 Å². The van der Waals surface area contributed by atoms with Crippen LogP contribution in [0.5, 0.6) is 0 Å². The molecule has 134 valence electrons. The standard InChI is InChI=1S/C24H27ClSi/c1-5-20-15-21(6-2)17-24(16-20)26(25,22-10-8-7-9-11-22)23-13-18(3)12-19(4)14-23/h7-17H,5-6H2,1-4H3. The molecule has 0 aromatic heterocycles. The van der Waals surface area contributed by atoms with Gasteiger partial charge in [0.05, 0.1) is 0 Å². The summed E-state index contributed by atoms with van der Waals surface area (Å²) in [4.78, 5) is 0. The highest BCUT2D eigenvalue weighted by atomic mass is 35.6. The van der Waals surface area contributed by atoms with Gasteiger partial charge in [-0.1, -0.05) is 91.7 Å². The summed E-state index contributed by atoms with van der Waals surface area (Å²) in [5.74, 6) is 0. The van der Waals surface area contributed by atoms with Crippen LogP contribution in [0.25, 0.3) is 0 Å². The number of hydrogen-bond donors (Lipinski definition) is 0. The van der Waals surface area contributed by atoms with Gasteiger partial charge in [-0.15, -0.1) is 11.1 Å². The molecule has 0 fully saturated rings. The Bertz CT molecular complexity index is 859. The van der Waals surface area contributed by atoms with Crippen molar-refractivity contribution in [3.05, 3.63) is 89.0 Å². The smallest absolute Gasteiger partial charge is 0.149 e. The van der Waals surface area contributed by atoms with Crippen molar-refractivity contribution >= 4 is 34.0 Å². The van der Waals surface area contributed by atoms with E-state index in [-0.39, 0.29) is 0 Å². The van der Waals surface area contributed by atoms with E-state index in [1.165, 1.54) is 37.8 Å². The Morgan fingerprint density at radius 1 is 0.654 bits per heavy atom. The van der Waals surface area contributed by atoms with Crippen molar-refractivity contribution in [1.82, 2.24) is 0 Å². The third-order valence-electron chi connectivity index (χ3n) is 5.06. The van der Waals surface area contributed by atoms with Crippen molar-refractivity contribution < 1.29 is 0 Å². The van der Waals surface area contributed by atoms with E-state index < -0.39 is 7.38 Å². The maximum Gasteiger partial charge on any atom is 0.247 e. The largest absolute Gasteiger partial charge is 0.247 e. The lowest BCUT2D eigenvalue weighted by atomic mass is 10.1. The Balaban J connectivity index is 2.32. The lowest BCUT2D eigenvalue weighted by Gasteiger charge is -2.28. The first kappa shape index (κ1) is 18.9. The molecule has 0 N–H and O–H groups in total. The first-order valence-electron chi connectivity index (χ1n) is 9.44. The van der Waals surface area contributed by atoms with E-state index in [2.05, 4.69) is 94.4 Å². The van der Waals surface area contributed by atoms with Crippen LogP contribution in [-0.4, -0.2) is 7.38 Å². The second-order valence-corrected chi connectivity index (χ2v) is 11.9. The normalized spacial score (nSPS) is 13.4. The van der Waals surface area contributed by atoms with E-state index in [1.807, 2.05) is 0 Å². The molecule has 0 aliphatic carbocycles. The number of hydrogen-bond acceptors (Lipinski definition) is 0. The minimum atomic E-state index is -2.56. The van der Waals surface area contributed by atoms with E-state index >= 15 is 0 Å². The van der Waals surface area contributed by atoms with E-state index in [4.69, 9.17) is 11.1 Å². The fourth-order valence-electron chi connectivity index (χ4n) is 3.71. The van der Waals surface area contributed by atoms with Gasteiger partial charge in [0.15, 0.2) is 0 Å². The molecule has 1 unspecified atom stereocenters. The monoisotopic (exact) mass is 378 g/mol. The summed E-state index contributed by atoms with van der Waals surface area (Å²) in [6.45, 7) is 8.75. The van der Waals surface area contributed by atoms with Crippen LogP contribution >= 0.6 is 11.1 Å². The second kappa shape index (κ2) is 7.81. The Morgan fingerprint density at radius 2 is 1.15 bits per heavy atom. The lowest BCUT2D eigenvalue weighted by Crippen LogP contribution is -2.63. The van der Waals surface area contributed by atoms with Gasteiger partial charge in [0, 0.05) is 0 Å². The summed E-state index contributed by atoms with van der Waals surface area (Å²) in [6, 6.07) is 24.4. The third-order valence-corrected chi connectivity index (χ3v) is 10.3. The van der Waals surface area contributed by atoms with Crippen LogP contribution in [0.1, 0.15) is 36.1 Å². The average molecular weight is 379 g/mol. The van der Waals surface area contributed by atoms with Gasteiger partial charge < -0.3 is 0 Å². The van der Waals surface area contributed by atoms with Crippen molar-refractivity contribution in [2.24, 2.45) is 0 Å². The lowest BCUT2D eigenvalue weighted by molar-refractivity contribution is 1.09. The Hall–Kier alpha value is -1.83. The van der Waals surface area contributed by atoms with Crippen molar-refractivity contribution in [1.29, 1.82) is 0 Å². The highest BCUT2D eigenvalue weighted by Crippen LogP contribution is 2.17. The maximum absolute atomic E-state index is 7.66. The number of rotatable bonds is 5. The van der Waals surface area contributed by atoms with Crippen molar-refractivity contribution in [2.75, 3.05) is 0 Å². The van der Waals surface area contributed by atoms with Crippen LogP contribution < -0.4 is 15.6 Å². The molecule has 0 saturated heterocycles. The molecule has 0 nitrogen and oxygen atoms in total. The zero-order chi connectivity index (χ0) is 18.7. The fraction of sp³-hybridized carbons (Fsp3) is 0.250. The van der Waals surface area contributed by atoms with Crippen LogP contribution in [0.3, 0.4) is 0 Å². The molecule has 1 atom stereocenters. The molecule has 0 aliphatic rings. The summed E-state index contributed by atoms with van der Waals surface area (Å²) in [5.41, 5.74) is 5.29. The van der Waals surface area contributed by atoms with Crippen LogP contribution in [0.2, 0.25) is 0 Å². The Morgan fingerprint density at radius 3 is 1.65 bits per heavy atom. The topological polar surface area (TPSA) is 0 Å². The molecule has 3 aromatic carbocycles. The molecular formula is C24H27ClSi. The van der Waals surface area contributed by atoms with Crippen LogP contribution in [0.4, 0.5) is 0 Å². The van der Waals surface area contributed by atoms with Crippen LogP contribution in [-0.2, 0) is 12.8 Å². The molecule has 0 radical (unpaired) electrons. The van der Waals surface area contributed by atoms with Gasteiger partial charge >= 0.3 is 0 Å². The summed E-state index contributed by atoms with van der Waals surface area (Å²) >= 11 is 7.66. The molecule has 0 aliphatic heterocycles. The second-order valence-electron chi connectivity index (χ2n) is 7.15. The molecule has 0 amide bonds. The van der Waals surface area contributed by atoms with E-state index in [0.29, 0.717) is 0 Å². The summed E-state index contributed by atoms with van der Waals surface area (Å²) < 4.78 is 0. The van der Waals surface area contributed by atoms with Crippen molar-refractivity contribution in [3.8, 4) is 0 Å². The zero-order valence-corrected chi connectivity index (χ0v) is 17.9. The first-order chi connectivity index (χ1) is 12.5. The Kier molecular flexibility index (Phi) is 5.69. The van der Waals surface area contributed by atoms with Gasteiger partial charge in [-0.05, 0) is 53.4 Å². The maximum atomic E-state index is 7.66. The molecule has 0 heterocycles. The summed E-state index contributed by atoms with van der Waals surface area (Å²) in [7, 11) is -2.56. The van der Waals surface area contributed by atoms with Gasteiger partial charge in [-0.2, -0.15) is 0 Å². The first-order valence-corrected chi connectivity index (χ1v) is 12.4. The zero-order valence-electron chi connectivity index (χ0n) is 16.1. The predicted octanol–water partition coefficient (Wildman–Crippen LogP) is 4.63. The van der Waals surface area contributed by atoms with Crippen molar-refractivity contribution in [2.45, 2.75) is 40.5 Å². The van der Waals surface area contributed by atoms with Gasteiger partial charge in [0.25, 0.3) is 0 Å². The summed E-state index contributed by atoms with van der Waals surface area (Å²) in [5, 5.41) is 3.83. The van der Waals surface area contributed by atoms with Gasteiger partial charge in [0.2, 0.25) is 7.38 Å². The molecule has 26 heavy (non-hydrogen) atoms. The molecule has 0 spiro atoms. The molecule has 0 saturated carbocycles. The molecular weight excluding hydrogens is 352 g/mol. The summed E-state index contributed by atoms with van der Waals surface area (Å²) in [6.07, 6.45) is 2.06. The van der Waals surface area contributed by atoms with Gasteiger partial charge in [0.1, 0.15) is 0 Å². The Labute approximate surface area is 163 Å². The number of benzene rings is 3. The molecule has 3 rings (SSSR count). The quantitative estimate of drug-likeness (QED) is 0.345. The van der Waals surface area contributed by atoms with Crippen molar-refractivity contribution in [3.63, 3.8) is 0 Å². The highest BCUT2D eigenvalue weighted by molar-refractivity contribution is 7.40. The minimum absolute atomic E-state index is 1.03.